The van der Waals surface area contributed by atoms with Crippen molar-refractivity contribution < 1.29 is 71.0 Å². The summed E-state index contributed by atoms with van der Waals surface area (Å²) >= 11 is 0. The van der Waals surface area contributed by atoms with Gasteiger partial charge in [0.05, 0.1) is 0 Å². The normalized spacial score (nSPS) is 1.80. The second-order valence-corrected chi connectivity index (χ2v) is 0. The van der Waals surface area contributed by atoms with Gasteiger partial charge in [-0.05, 0) is 0 Å². The van der Waals surface area contributed by atoms with Crippen LogP contribution in [0.15, 0.2) is 0 Å². The van der Waals surface area contributed by atoms with Crippen molar-refractivity contribution in [2.45, 2.75) is 13.8 Å². The van der Waals surface area contributed by atoms with Crippen LogP contribution in [0.2, 0.25) is 0 Å². The summed E-state index contributed by atoms with van der Waals surface area (Å²) in [7, 11) is 2.00. The fourth-order valence-electron chi connectivity index (χ4n) is 0. The van der Waals surface area contributed by atoms with Gasteiger partial charge in [0.15, 0.2) is 0 Å². The molecule has 0 atom stereocenters. The molecule has 0 heterocycles. The van der Waals surface area contributed by atoms with Crippen LogP contribution in [0.3, 0.4) is 0 Å². The fourth-order valence-corrected chi connectivity index (χ4v) is 0. The summed E-state index contributed by atoms with van der Waals surface area (Å²) in [5.41, 5.74) is 0. The third-order valence-electron chi connectivity index (χ3n) is 0. The summed E-state index contributed by atoms with van der Waals surface area (Å²) in [5.74, 6) is 0. The van der Waals surface area contributed by atoms with Gasteiger partial charge >= 0.3 is 16.5 Å². The topological polar surface area (TPSA) is 40.5 Å². The molecule has 0 saturated carbocycles. The minimum absolute atomic E-state index is 0. The molecule has 0 bridgehead atoms. The van der Waals surface area contributed by atoms with Crippen molar-refractivity contribution >= 4 is 0 Å². The van der Waals surface area contributed by atoms with Gasteiger partial charge in [-0.2, -0.15) is 0 Å². The number of aliphatic hydroxyl groups excluding tert-OH is 2. The molecule has 0 aliphatic carbocycles. The minimum atomic E-state index is 0. The fraction of sp³-hybridized carbons (Fsp3) is 1.00. The Hall–Kier alpha value is 1.62. The Labute approximate surface area is 98.7 Å². The Morgan fingerprint density at radius 3 is 0.700 bits per heavy atom. The molecule has 2 nitrogen and oxygen atoms in total. The second-order valence-electron chi connectivity index (χ2n) is 0. The molecular weight excluding hydrogens is 275 g/mol. The molecule has 0 aliphatic heterocycles. The van der Waals surface area contributed by atoms with E-state index in [1.165, 1.54) is 0 Å². The molecule has 0 aromatic rings. The molecule has 0 spiro atoms. The number of aliphatic hydroxyl groups is 2. The Bertz CT molecular complexity index is 21.2. The molecule has 0 saturated heterocycles. The molecule has 0 radical (unpaired) electrons. The van der Waals surface area contributed by atoms with E-state index in [0.29, 0.717) is 0 Å². The first-order valence-corrected chi connectivity index (χ1v) is 1.89. The molecule has 0 amide bonds. The van der Waals surface area contributed by atoms with Crippen molar-refractivity contribution in [1.82, 2.24) is 0 Å². The largest absolute Gasteiger partial charge is 2.00 e. The van der Waals surface area contributed by atoms with Gasteiger partial charge in [0.25, 0.3) is 0 Å². The Morgan fingerprint density at radius 1 is 0.700 bits per heavy atom. The van der Waals surface area contributed by atoms with Crippen LogP contribution in [0.4, 0.5) is 0 Å². The summed E-state index contributed by atoms with van der Waals surface area (Å²) in [6.45, 7) is 4.00. The maximum atomic E-state index is 7.00. The number of halogens is 2. The molecule has 0 aliphatic rings. The quantitative estimate of drug-likeness (QED) is 0.436. The van der Waals surface area contributed by atoms with Crippen LogP contribution in [0.5, 0.6) is 0 Å². The molecule has 0 aromatic heterocycles. The van der Waals surface area contributed by atoms with Crippen LogP contribution in [-0.4, -0.2) is 24.4 Å². The molecule has 0 unspecified atom stereocenters. The molecular formula is C4H14Cl2NiO2Zn. The second kappa shape index (κ2) is 376. The molecule has 10 heavy (non-hydrogen) atoms. The van der Waals surface area contributed by atoms with E-state index in [9.17, 15) is 0 Å². The first kappa shape index (κ1) is 61.4. The van der Waals surface area contributed by atoms with Gasteiger partial charge in [-0.1, -0.05) is 13.8 Å². The van der Waals surface area contributed by atoms with Crippen LogP contribution in [0.1, 0.15) is 13.8 Å². The van der Waals surface area contributed by atoms with Crippen molar-refractivity contribution in [3.05, 3.63) is 0 Å². The zero-order chi connectivity index (χ0) is 6.00. The van der Waals surface area contributed by atoms with Crippen molar-refractivity contribution in [3.63, 3.8) is 0 Å². The van der Waals surface area contributed by atoms with E-state index in [-0.39, 0.29) is 60.8 Å². The van der Waals surface area contributed by atoms with E-state index in [1.807, 2.05) is 13.8 Å². The average molecular weight is 289 g/mol. The Balaban J connectivity index is -0.00000000225. The van der Waals surface area contributed by atoms with Gasteiger partial charge in [-0.25, -0.2) is 0 Å². The Morgan fingerprint density at radius 2 is 0.700 bits per heavy atom. The number of hydrogen-bond donors (Lipinski definition) is 2. The third kappa shape index (κ3) is 273. The van der Waals surface area contributed by atoms with Crippen LogP contribution >= 0.6 is 0 Å². The summed E-state index contributed by atoms with van der Waals surface area (Å²) in [4.78, 5) is 0. The standard InChI is InChI=1S/C2H6.2CH4O.2ClH.Ni.Zn/c3*1-2;;;;/h1-2H3;2*2H,1H3;2*1H;;/q;;;;;+2;/p-2. The van der Waals surface area contributed by atoms with Crippen molar-refractivity contribution in [3.8, 4) is 0 Å². The van der Waals surface area contributed by atoms with Crippen molar-refractivity contribution in [2.24, 2.45) is 0 Å². The molecule has 0 rings (SSSR count). The maximum absolute atomic E-state index is 7.00. The van der Waals surface area contributed by atoms with E-state index in [2.05, 4.69) is 0 Å². The maximum Gasteiger partial charge on any atom is 2.00 e. The van der Waals surface area contributed by atoms with Gasteiger partial charge in [-0.3, -0.25) is 0 Å². The van der Waals surface area contributed by atoms with E-state index >= 15 is 0 Å². The summed E-state index contributed by atoms with van der Waals surface area (Å²) < 4.78 is 0. The van der Waals surface area contributed by atoms with Crippen molar-refractivity contribution in [2.75, 3.05) is 14.2 Å². The van der Waals surface area contributed by atoms with Crippen molar-refractivity contribution in [1.29, 1.82) is 0 Å². The first-order chi connectivity index (χ1) is 3.00. The van der Waals surface area contributed by atoms with E-state index in [1.54, 1.807) is 0 Å². The Kier molecular flexibility index (Phi) is 2310. The zero-order valence-corrected chi connectivity index (χ0v) is 12.1. The summed E-state index contributed by atoms with van der Waals surface area (Å²) in [6.07, 6.45) is 0. The number of hydrogen-bond acceptors (Lipinski definition) is 2. The molecule has 68 valence electrons. The van der Waals surface area contributed by atoms with Crippen LogP contribution < -0.4 is 24.8 Å². The smallest absolute Gasteiger partial charge is 1.00 e. The molecule has 0 aromatic carbocycles. The molecule has 6 heteroatoms. The van der Waals surface area contributed by atoms with E-state index in [0.717, 1.165) is 14.2 Å². The van der Waals surface area contributed by atoms with Crippen LogP contribution in [-0.2, 0) is 36.0 Å². The zero-order valence-electron chi connectivity index (χ0n) is 6.67. The predicted octanol–water partition coefficient (Wildman–Crippen LogP) is -5.75. The number of rotatable bonds is 0. The third-order valence-corrected chi connectivity index (χ3v) is 0. The van der Waals surface area contributed by atoms with Crippen LogP contribution in [0, 0.1) is 0 Å². The predicted molar refractivity (Wildman–Crippen MR) is 27.6 cm³/mol. The first-order valence-electron chi connectivity index (χ1n) is 1.89. The van der Waals surface area contributed by atoms with E-state index in [4.69, 9.17) is 10.2 Å². The van der Waals surface area contributed by atoms with Crippen LogP contribution in [0.25, 0.3) is 0 Å². The monoisotopic (exact) mass is 286 g/mol. The summed E-state index contributed by atoms with van der Waals surface area (Å²) in [5, 5.41) is 14.0. The molecule has 0 fully saturated rings. The SMILES string of the molecule is CC.CO.CO.[Cl-].[Cl-].[Ni+2].[Zn]. The summed E-state index contributed by atoms with van der Waals surface area (Å²) in [6, 6.07) is 0. The van der Waals surface area contributed by atoms with Gasteiger partial charge in [0.2, 0.25) is 0 Å². The van der Waals surface area contributed by atoms with Gasteiger partial charge < -0.3 is 35.0 Å². The van der Waals surface area contributed by atoms with E-state index < -0.39 is 0 Å². The molecule has 2 N–H and O–H groups in total. The van der Waals surface area contributed by atoms with Gasteiger partial charge in [0.1, 0.15) is 0 Å². The van der Waals surface area contributed by atoms with Gasteiger partial charge in [-0.15, -0.1) is 0 Å². The average Bonchev–Trinajstić information content (AvgIpc) is 1.81. The van der Waals surface area contributed by atoms with Gasteiger partial charge in [0, 0.05) is 33.7 Å². The minimum Gasteiger partial charge on any atom is -1.00 e.